The average Bonchev–Trinajstić information content (AvgIpc) is 3.18. The Labute approximate surface area is 172 Å². The van der Waals surface area contributed by atoms with Gasteiger partial charge < -0.3 is 15.4 Å². The molecule has 1 amide bonds. The van der Waals surface area contributed by atoms with Crippen LogP contribution in [0.4, 0.5) is 4.39 Å². The molecule has 0 spiro atoms. The van der Waals surface area contributed by atoms with Gasteiger partial charge in [-0.05, 0) is 41.8 Å². The van der Waals surface area contributed by atoms with Gasteiger partial charge in [0.15, 0.2) is 0 Å². The van der Waals surface area contributed by atoms with E-state index in [2.05, 4.69) is 15.3 Å². The second-order valence-corrected chi connectivity index (χ2v) is 7.19. The maximum atomic E-state index is 14.8. The van der Waals surface area contributed by atoms with E-state index in [1.54, 1.807) is 24.4 Å². The molecule has 0 bridgehead atoms. The van der Waals surface area contributed by atoms with Crippen LogP contribution in [0.1, 0.15) is 22.5 Å². The van der Waals surface area contributed by atoms with Gasteiger partial charge in [0, 0.05) is 48.5 Å². The van der Waals surface area contributed by atoms with Gasteiger partial charge in [-0.2, -0.15) is 0 Å². The number of hydrogen-bond acceptors (Lipinski definition) is 4. The van der Waals surface area contributed by atoms with Crippen molar-refractivity contribution in [1.29, 1.82) is 0 Å². The normalized spacial score (nSPS) is 14.5. The lowest BCUT2D eigenvalue weighted by atomic mass is 10.00. The first-order valence-electron chi connectivity index (χ1n) is 9.59. The van der Waals surface area contributed by atoms with E-state index in [-0.39, 0.29) is 18.0 Å². The van der Waals surface area contributed by atoms with E-state index in [4.69, 9.17) is 5.11 Å². The Morgan fingerprint density at radius 3 is 2.77 bits per heavy atom. The monoisotopic (exact) mass is 408 g/mol. The number of hydrogen-bond donors (Lipinski definition) is 3. The van der Waals surface area contributed by atoms with E-state index in [9.17, 15) is 14.0 Å². The van der Waals surface area contributed by atoms with E-state index < -0.39 is 11.8 Å². The standard InChI is InChI=1S/C22H21FN4O3/c1-24-22(30)14-2-3-16(18(23)10-14)15-4-7-25-21-17(15)11-19(26-21)13-5-8-27(9-6-13)12-20(28)29/h2-5,7,10-11H,6,8-9,12H2,1H3,(H,24,30)(H,25,26)(H,28,29). The van der Waals surface area contributed by atoms with Crippen LogP contribution in [0.15, 0.2) is 42.6 Å². The third-order valence-electron chi connectivity index (χ3n) is 5.28. The zero-order valence-electron chi connectivity index (χ0n) is 16.4. The highest BCUT2D eigenvalue weighted by Gasteiger charge is 2.18. The Morgan fingerprint density at radius 1 is 1.27 bits per heavy atom. The molecular formula is C22H21FN4O3. The molecular weight excluding hydrogens is 387 g/mol. The Bertz CT molecular complexity index is 1170. The lowest BCUT2D eigenvalue weighted by molar-refractivity contribution is -0.138. The number of carboxylic acid groups (broad SMARTS) is 1. The van der Waals surface area contributed by atoms with Crippen LogP contribution in [0.25, 0.3) is 27.7 Å². The SMILES string of the molecule is CNC(=O)c1ccc(-c2ccnc3[nH]c(C4=CCN(CC(=O)O)CC4)cc23)c(F)c1. The number of benzene rings is 1. The number of aromatic nitrogens is 2. The third kappa shape index (κ3) is 3.81. The Morgan fingerprint density at radius 2 is 2.10 bits per heavy atom. The fourth-order valence-corrected chi connectivity index (χ4v) is 3.74. The first kappa shape index (κ1) is 19.8. The summed E-state index contributed by atoms with van der Waals surface area (Å²) in [5.41, 5.74) is 3.96. The minimum atomic E-state index is -0.837. The van der Waals surface area contributed by atoms with Gasteiger partial charge >= 0.3 is 5.97 Å². The summed E-state index contributed by atoms with van der Waals surface area (Å²) in [6.07, 6.45) is 4.34. The van der Waals surface area contributed by atoms with E-state index in [0.29, 0.717) is 36.3 Å². The van der Waals surface area contributed by atoms with Crippen molar-refractivity contribution in [3.63, 3.8) is 0 Å². The number of fused-ring (bicyclic) bond motifs is 1. The molecule has 3 aromatic rings. The molecule has 0 unspecified atom stereocenters. The quantitative estimate of drug-likeness (QED) is 0.603. The van der Waals surface area contributed by atoms with Crippen molar-refractivity contribution in [2.45, 2.75) is 6.42 Å². The predicted molar refractivity (Wildman–Crippen MR) is 112 cm³/mol. The maximum absolute atomic E-state index is 14.8. The molecule has 0 radical (unpaired) electrons. The molecule has 1 aromatic carbocycles. The van der Waals surface area contributed by atoms with Crippen LogP contribution in [0.3, 0.4) is 0 Å². The van der Waals surface area contributed by atoms with E-state index in [0.717, 1.165) is 16.7 Å². The van der Waals surface area contributed by atoms with Crippen LogP contribution in [0.5, 0.6) is 0 Å². The lowest BCUT2D eigenvalue weighted by Gasteiger charge is -2.24. The number of carbonyl (C=O) groups is 2. The number of pyridine rings is 1. The van der Waals surface area contributed by atoms with Crippen molar-refractivity contribution in [2.24, 2.45) is 0 Å². The lowest BCUT2D eigenvalue weighted by Crippen LogP contribution is -2.33. The van der Waals surface area contributed by atoms with Crippen molar-refractivity contribution < 1.29 is 19.1 Å². The van der Waals surface area contributed by atoms with Crippen LogP contribution < -0.4 is 5.32 Å². The van der Waals surface area contributed by atoms with Crippen LogP contribution in [0, 0.1) is 5.82 Å². The summed E-state index contributed by atoms with van der Waals surface area (Å²) in [5, 5.41) is 12.2. The number of amides is 1. The van der Waals surface area contributed by atoms with E-state index in [1.807, 2.05) is 17.0 Å². The third-order valence-corrected chi connectivity index (χ3v) is 5.28. The smallest absolute Gasteiger partial charge is 0.317 e. The number of halogens is 1. The van der Waals surface area contributed by atoms with Crippen molar-refractivity contribution in [3.05, 3.63) is 59.7 Å². The molecule has 154 valence electrons. The molecule has 1 aliphatic heterocycles. The number of carbonyl (C=O) groups excluding carboxylic acids is 1. The van der Waals surface area contributed by atoms with Crippen molar-refractivity contribution in [3.8, 4) is 11.1 Å². The molecule has 8 heteroatoms. The Kier molecular flexibility index (Phi) is 5.33. The van der Waals surface area contributed by atoms with Crippen LogP contribution in [-0.4, -0.2) is 58.5 Å². The zero-order valence-corrected chi connectivity index (χ0v) is 16.4. The summed E-state index contributed by atoms with van der Waals surface area (Å²) >= 11 is 0. The molecule has 0 atom stereocenters. The molecule has 0 aliphatic carbocycles. The second-order valence-electron chi connectivity index (χ2n) is 7.19. The van der Waals surface area contributed by atoms with Gasteiger partial charge in [0.05, 0.1) is 6.54 Å². The Balaban J connectivity index is 1.68. The molecule has 2 aromatic heterocycles. The topological polar surface area (TPSA) is 98.3 Å². The summed E-state index contributed by atoms with van der Waals surface area (Å²) in [7, 11) is 1.50. The number of nitrogens with one attached hydrogen (secondary N) is 2. The van der Waals surface area contributed by atoms with Crippen molar-refractivity contribution in [1.82, 2.24) is 20.2 Å². The fourth-order valence-electron chi connectivity index (χ4n) is 3.74. The molecule has 3 heterocycles. The largest absolute Gasteiger partial charge is 0.480 e. The van der Waals surface area contributed by atoms with Gasteiger partial charge in [-0.1, -0.05) is 12.1 Å². The highest BCUT2D eigenvalue weighted by atomic mass is 19.1. The summed E-state index contributed by atoms with van der Waals surface area (Å²) in [4.78, 5) is 32.2. The summed E-state index contributed by atoms with van der Waals surface area (Å²) in [5.74, 6) is -1.66. The number of H-pyrrole nitrogens is 1. The van der Waals surface area contributed by atoms with Crippen LogP contribution in [-0.2, 0) is 4.79 Å². The summed E-state index contributed by atoms with van der Waals surface area (Å²) in [6, 6.07) is 8.13. The minimum Gasteiger partial charge on any atom is -0.480 e. The highest BCUT2D eigenvalue weighted by molar-refractivity contribution is 5.97. The fraction of sp³-hybridized carbons (Fsp3) is 0.227. The number of aromatic amines is 1. The molecule has 4 rings (SSSR count). The number of carboxylic acids is 1. The minimum absolute atomic E-state index is 0.0213. The van der Waals surface area contributed by atoms with Crippen molar-refractivity contribution >= 4 is 28.5 Å². The Hall–Kier alpha value is -3.52. The highest BCUT2D eigenvalue weighted by Crippen LogP contribution is 2.33. The summed E-state index contributed by atoms with van der Waals surface area (Å²) < 4.78 is 14.8. The molecule has 7 nitrogen and oxygen atoms in total. The molecule has 30 heavy (non-hydrogen) atoms. The molecule has 0 fully saturated rings. The van der Waals surface area contributed by atoms with Gasteiger partial charge in [-0.25, -0.2) is 9.37 Å². The molecule has 1 aliphatic rings. The van der Waals surface area contributed by atoms with Gasteiger partial charge in [0.2, 0.25) is 0 Å². The van der Waals surface area contributed by atoms with Crippen LogP contribution in [0.2, 0.25) is 0 Å². The predicted octanol–water partition coefficient (Wildman–Crippen LogP) is 2.90. The zero-order chi connectivity index (χ0) is 21.3. The second kappa shape index (κ2) is 8.08. The summed E-state index contributed by atoms with van der Waals surface area (Å²) in [6.45, 7) is 1.24. The molecule has 0 saturated carbocycles. The average molecular weight is 408 g/mol. The number of rotatable bonds is 5. The number of aliphatic carboxylic acids is 1. The van der Waals surface area contributed by atoms with Gasteiger partial charge in [0.1, 0.15) is 11.5 Å². The maximum Gasteiger partial charge on any atom is 0.317 e. The molecule has 3 N–H and O–H groups in total. The van der Waals surface area contributed by atoms with Crippen molar-refractivity contribution in [2.75, 3.05) is 26.7 Å². The van der Waals surface area contributed by atoms with Gasteiger partial charge in [0.25, 0.3) is 5.91 Å². The van der Waals surface area contributed by atoms with Gasteiger partial charge in [-0.15, -0.1) is 0 Å². The van der Waals surface area contributed by atoms with E-state index >= 15 is 0 Å². The molecule has 0 saturated heterocycles. The number of nitrogens with zero attached hydrogens (tertiary/aromatic N) is 2. The first-order valence-corrected chi connectivity index (χ1v) is 9.59. The first-order chi connectivity index (χ1) is 14.5. The van der Waals surface area contributed by atoms with E-state index in [1.165, 1.54) is 13.1 Å². The van der Waals surface area contributed by atoms with Crippen LogP contribution >= 0.6 is 0 Å². The van der Waals surface area contributed by atoms with Gasteiger partial charge in [-0.3, -0.25) is 14.5 Å².